The lowest BCUT2D eigenvalue weighted by molar-refractivity contribution is 0.281. The van der Waals surface area contributed by atoms with Crippen molar-refractivity contribution in [3.05, 3.63) is 33.9 Å². The van der Waals surface area contributed by atoms with Gasteiger partial charge in [-0.15, -0.1) is 0 Å². The molecule has 1 heteroatoms. The van der Waals surface area contributed by atoms with Crippen LogP contribution in [0.1, 0.15) is 34.7 Å². The molecular formula is C12H18O. The predicted molar refractivity (Wildman–Crippen MR) is 56.0 cm³/mol. The lowest BCUT2D eigenvalue weighted by Crippen LogP contribution is -1.99. The highest BCUT2D eigenvalue weighted by atomic mass is 16.3. The Balaban J connectivity index is 3.36. The molecule has 1 rings (SSSR count). The Labute approximate surface area is 80.4 Å². The van der Waals surface area contributed by atoms with Crippen LogP contribution in [0, 0.1) is 20.8 Å². The third-order valence-corrected chi connectivity index (χ3v) is 2.99. The average molecular weight is 178 g/mol. The maximum absolute atomic E-state index is 9.15. The number of hydrogen-bond acceptors (Lipinski definition) is 1. The van der Waals surface area contributed by atoms with Crippen LogP contribution in [-0.4, -0.2) is 5.11 Å². The van der Waals surface area contributed by atoms with Crippen molar-refractivity contribution in [3.63, 3.8) is 0 Å². The van der Waals surface area contributed by atoms with E-state index in [1.165, 1.54) is 22.3 Å². The van der Waals surface area contributed by atoms with Gasteiger partial charge in [-0.25, -0.2) is 0 Å². The summed E-state index contributed by atoms with van der Waals surface area (Å²) in [6.45, 7) is 8.66. The Hall–Kier alpha value is -0.820. The lowest BCUT2D eigenvalue weighted by Gasteiger charge is -2.13. The summed E-state index contributed by atoms with van der Waals surface area (Å²) >= 11 is 0. The van der Waals surface area contributed by atoms with Crippen LogP contribution in [0.15, 0.2) is 6.07 Å². The molecule has 1 nitrogen and oxygen atoms in total. The molecular weight excluding hydrogens is 160 g/mol. The van der Waals surface area contributed by atoms with E-state index in [1.54, 1.807) is 0 Å². The van der Waals surface area contributed by atoms with E-state index in [4.69, 9.17) is 5.11 Å². The zero-order valence-electron chi connectivity index (χ0n) is 8.94. The molecule has 0 aliphatic rings. The molecule has 0 bridgehead atoms. The highest BCUT2D eigenvalue weighted by molar-refractivity contribution is 5.43. The molecule has 0 saturated heterocycles. The van der Waals surface area contributed by atoms with E-state index in [-0.39, 0.29) is 6.61 Å². The number of aryl methyl sites for hydroxylation is 1. The van der Waals surface area contributed by atoms with E-state index in [0.717, 1.165) is 12.0 Å². The number of aliphatic hydroxyl groups is 1. The van der Waals surface area contributed by atoms with Crippen LogP contribution < -0.4 is 0 Å². The predicted octanol–water partition coefficient (Wildman–Crippen LogP) is 2.67. The maximum atomic E-state index is 9.15. The van der Waals surface area contributed by atoms with E-state index in [9.17, 15) is 0 Å². The van der Waals surface area contributed by atoms with E-state index < -0.39 is 0 Å². The third kappa shape index (κ3) is 1.75. The van der Waals surface area contributed by atoms with Gasteiger partial charge in [0.25, 0.3) is 0 Å². The van der Waals surface area contributed by atoms with Gasteiger partial charge >= 0.3 is 0 Å². The van der Waals surface area contributed by atoms with Crippen LogP contribution in [0.25, 0.3) is 0 Å². The van der Waals surface area contributed by atoms with Gasteiger partial charge in [0, 0.05) is 0 Å². The summed E-state index contributed by atoms with van der Waals surface area (Å²) < 4.78 is 0. The molecule has 0 aliphatic heterocycles. The first-order chi connectivity index (χ1) is 6.11. The van der Waals surface area contributed by atoms with E-state index in [2.05, 4.69) is 33.8 Å². The summed E-state index contributed by atoms with van der Waals surface area (Å²) in [6.07, 6.45) is 1.04. The van der Waals surface area contributed by atoms with Crippen LogP contribution in [0.3, 0.4) is 0 Å². The second-order valence-corrected chi connectivity index (χ2v) is 3.58. The van der Waals surface area contributed by atoms with Gasteiger partial charge in [0.2, 0.25) is 0 Å². The van der Waals surface area contributed by atoms with Crippen LogP contribution in [0.2, 0.25) is 0 Å². The quantitative estimate of drug-likeness (QED) is 0.738. The first kappa shape index (κ1) is 10.3. The van der Waals surface area contributed by atoms with Crippen molar-refractivity contribution in [1.29, 1.82) is 0 Å². The minimum Gasteiger partial charge on any atom is -0.392 e. The summed E-state index contributed by atoms with van der Waals surface area (Å²) in [5.41, 5.74) is 6.35. The van der Waals surface area contributed by atoms with Gasteiger partial charge < -0.3 is 5.11 Å². The van der Waals surface area contributed by atoms with E-state index in [1.807, 2.05) is 0 Å². The average Bonchev–Trinajstić information content (AvgIpc) is 2.15. The summed E-state index contributed by atoms with van der Waals surface area (Å²) in [7, 11) is 0. The molecule has 0 radical (unpaired) electrons. The molecule has 0 heterocycles. The second kappa shape index (κ2) is 3.93. The zero-order chi connectivity index (χ0) is 10.0. The van der Waals surface area contributed by atoms with Crippen molar-refractivity contribution in [3.8, 4) is 0 Å². The van der Waals surface area contributed by atoms with Gasteiger partial charge in [0.05, 0.1) is 6.61 Å². The summed E-state index contributed by atoms with van der Waals surface area (Å²) in [6, 6.07) is 2.12. The molecule has 72 valence electrons. The van der Waals surface area contributed by atoms with Crippen molar-refractivity contribution in [2.45, 2.75) is 40.7 Å². The van der Waals surface area contributed by atoms with E-state index >= 15 is 0 Å². The Kier molecular flexibility index (Phi) is 3.10. The molecule has 0 aromatic heterocycles. The molecule has 0 fully saturated rings. The van der Waals surface area contributed by atoms with Crippen molar-refractivity contribution in [1.82, 2.24) is 0 Å². The van der Waals surface area contributed by atoms with Crippen molar-refractivity contribution < 1.29 is 5.11 Å². The smallest absolute Gasteiger partial charge is 0.0684 e. The monoisotopic (exact) mass is 178 g/mol. The highest BCUT2D eigenvalue weighted by Crippen LogP contribution is 2.21. The van der Waals surface area contributed by atoms with Crippen molar-refractivity contribution in [2.24, 2.45) is 0 Å². The van der Waals surface area contributed by atoms with Gasteiger partial charge in [-0.1, -0.05) is 13.0 Å². The second-order valence-electron chi connectivity index (χ2n) is 3.58. The van der Waals surface area contributed by atoms with Gasteiger partial charge in [0.1, 0.15) is 0 Å². The van der Waals surface area contributed by atoms with Crippen molar-refractivity contribution in [2.75, 3.05) is 0 Å². The fourth-order valence-electron chi connectivity index (χ4n) is 1.72. The van der Waals surface area contributed by atoms with E-state index in [0.29, 0.717) is 0 Å². The van der Waals surface area contributed by atoms with Gasteiger partial charge in [0.15, 0.2) is 0 Å². The maximum Gasteiger partial charge on any atom is 0.0684 e. The number of benzene rings is 1. The molecule has 1 aromatic carbocycles. The molecule has 1 aromatic rings. The standard InChI is InChI=1S/C12H18O/c1-5-11-6-12(7-13)10(4)8(2)9(11)3/h6,13H,5,7H2,1-4H3. The number of aliphatic hydroxyl groups excluding tert-OH is 1. The van der Waals surface area contributed by atoms with Crippen molar-refractivity contribution >= 4 is 0 Å². The zero-order valence-corrected chi connectivity index (χ0v) is 8.94. The number of rotatable bonds is 2. The molecule has 0 atom stereocenters. The molecule has 0 saturated carbocycles. The summed E-state index contributed by atoms with van der Waals surface area (Å²) in [4.78, 5) is 0. The lowest BCUT2D eigenvalue weighted by atomic mass is 9.93. The first-order valence-electron chi connectivity index (χ1n) is 4.81. The molecule has 0 aliphatic carbocycles. The minimum absolute atomic E-state index is 0.153. The first-order valence-corrected chi connectivity index (χ1v) is 4.81. The Bertz CT molecular complexity index is 285. The minimum atomic E-state index is 0.153. The molecule has 0 spiro atoms. The summed E-state index contributed by atoms with van der Waals surface area (Å²) in [5, 5.41) is 9.15. The third-order valence-electron chi connectivity index (χ3n) is 2.99. The molecule has 13 heavy (non-hydrogen) atoms. The highest BCUT2D eigenvalue weighted by Gasteiger charge is 2.06. The molecule has 0 amide bonds. The summed E-state index contributed by atoms with van der Waals surface area (Å²) in [5.74, 6) is 0. The Morgan fingerprint density at radius 2 is 1.54 bits per heavy atom. The largest absolute Gasteiger partial charge is 0.392 e. The molecule has 1 N–H and O–H groups in total. The van der Waals surface area contributed by atoms with Crippen LogP contribution in [0.5, 0.6) is 0 Å². The molecule has 0 unspecified atom stereocenters. The Morgan fingerprint density at radius 1 is 1.00 bits per heavy atom. The SMILES string of the molecule is CCc1cc(CO)c(C)c(C)c1C. The Morgan fingerprint density at radius 3 is 2.00 bits per heavy atom. The van der Waals surface area contributed by atoms with Gasteiger partial charge in [-0.2, -0.15) is 0 Å². The topological polar surface area (TPSA) is 20.2 Å². The van der Waals surface area contributed by atoms with Gasteiger partial charge in [-0.05, 0) is 55.0 Å². The van der Waals surface area contributed by atoms with Crippen LogP contribution in [-0.2, 0) is 13.0 Å². The number of hydrogen-bond donors (Lipinski definition) is 1. The normalized spacial score (nSPS) is 10.5. The van der Waals surface area contributed by atoms with Crippen LogP contribution >= 0.6 is 0 Å². The fraction of sp³-hybridized carbons (Fsp3) is 0.500. The van der Waals surface area contributed by atoms with Gasteiger partial charge in [-0.3, -0.25) is 0 Å². The fourth-order valence-corrected chi connectivity index (χ4v) is 1.72. The van der Waals surface area contributed by atoms with Crippen LogP contribution in [0.4, 0.5) is 0 Å².